The van der Waals surface area contributed by atoms with Gasteiger partial charge in [0.2, 0.25) is 0 Å². The van der Waals surface area contributed by atoms with Crippen molar-refractivity contribution >= 4 is 25.5 Å². The van der Waals surface area contributed by atoms with E-state index in [1.165, 1.54) is 0 Å². The van der Waals surface area contributed by atoms with E-state index in [2.05, 4.69) is 4.72 Å². The number of para-hydroxylation sites is 1. The van der Waals surface area contributed by atoms with Crippen LogP contribution < -0.4 is 4.72 Å². The summed E-state index contributed by atoms with van der Waals surface area (Å²) in [5, 5.41) is 0. The van der Waals surface area contributed by atoms with Gasteiger partial charge in [0, 0.05) is 6.26 Å². The maximum Gasteiger partial charge on any atom is 0.262 e. The van der Waals surface area contributed by atoms with Crippen molar-refractivity contribution in [3.8, 4) is 0 Å². The molecule has 0 aromatic heterocycles. The predicted molar refractivity (Wildman–Crippen MR) is 91.7 cm³/mol. The molecule has 0 saturated heterocycles. The number of aryl methyl sites for hydroxylation is 2. The van der Waals surface area contributed by atoms with Gasteiger partial charge in [0.25, 0.3) is 10.0 Å². The molecule has 0 aliphatic carbocycles. The molecule has 1 N–H and O–H groups in total. The average molecular weight is 353 g/mol. The fraction of sp³-hybridized carbons (Fsp3) is 0.250. The molecule has 0 fully saturated rings. The molecule has 0 aliphatic heterocycles. The Balaban J connectivity index is 2.44. The highest BCUT2D eigenvalue weighted by Crippen LogP contribution is 2.24. The number of hydrogen-bond acceptors (Lipinski definition) is 4. The van der Waals surface area contributed by atoms with Crippen LogP contribution >= 0.6 is 0 Å². The van der Waals surface area contributed by atoms with Gasteiger partial charge < -0.3 is 0 Å². The van der Waals surface area contributed by atoms with Gasteiger partial charge in [-0.25, -0.2) is 16.8 Å². The van der Waals surface area contributed by atoms with Crippen LogP contribution in [0.5, 0.6) is 0 Å². The van der Waals surface area contributed by atoms with E-state index in [4.69, 9.17) is 0 Å². The van der Waals surface area contributed by atoms with Crippen LogP contribution in [0.25, 0.3) is 0 Å². The highest BCUT2D eigenvalue weighted by atomic mass is 32.2. The average Bonchev–Trinajstić information content (AvgIpc) is 2.42. The smallest absolute Gasteiger partial charge is 0.262 e. The van der Waals surface area contributed by atoms with Crippen LogP contribution in [0.1, 0.15) is 16.7 Å². The van der Waals surface area contributed by atoms with Crippen molar-refractivity contribution in [3.63, 3.8) is 0 Å². The molecule has 2 rings (SSSR count). The molecule has 2 aromatic carbocycles. The van der Waals surface area contributed by atoms with E-state index >= 15 is 0 Å². The third-order valence-electron chi connectivity index (χ3n) is 3.31. The zero-order valence-electron chi connectivity index (χ0n) is 13.2. The highest BCUT2D eigenvalue weighted by Gasteiger charge is 2.19. The molecule has 0 bridgehead atoms. The van der Waals surface area contributed by atoms with Gasteiger partial charge in [-0.15, -0.1) is 0 Å². The molecule has 0 saturated carbocycles. The molecule has 0 heterocycles. The van der Waals surface area contributed by atoms with E-state index in [0.29, 0.717) is 11.1 Å². The van der Waals surface area contributed by atoms with Crippen molar-refractivity contribution in [2.24, 2.45) is 0 Å². The summed E-state index contributed by atoms with van der Waals surface area (Å²) in [5.41, 5.74) is 2.16. The summed E-state index contributed by atoms with van der Waals surface area (Å²) in [7, 11) is -7.06. The molecule has 0 atom stereocenters. The van der Waals surface area contributed by atoms with E-state index in [0.717, 1.165) is 11.8 Å². The lowest BCUT2D eigenvalue weighted by atomic mass is 10.2. The van der Waals surface area contributed by atoms with Crippen molar-refractivity contribution in [1.29, 1.82) is 0 Å². The lowest BCUT2D eigenvalue weighted by Crippen LogP contribution is -2.16. The Bertz CT molecular complexity index is 932. The Morgan fingerprint density at radius 2 is 1.61 bits per heavy atom. The highest BCUT2D eigenvalue weighted by molar-refractivity contribution is 7.92. The van der Waals surface area contributed by atoms with Gasteiger partial charge in [-0.2, -0.15) is 0 Å². The zero-order valence-corrected chi connectivity index (χ0v) is 14.8. The van der Waals surface area contributed by atoms with Crippen LogP contribution in [0.2, 0.25) is 0 Å². The van der Waals surface area contributed by atoms with Crippen molar-refractivity contribution in [1.82, 2.24) is 0 Å². The summed E-state index contributed by atoms with van der Waals surface area (Å²) < 4.78 is 50.8. The minimum atomic E-state index is -3.79. The Kier molecular flexibility index (Phi) is 4.81. The molecule has 0 unspecified atom stereocenters. The summed E-state index contributed by atoms with van der Waals surface area (Å²) in [6, 6.07) is 11.7. The van der Waals surface area contributed by atoms with Gasteiger partial charge in [-0.3, -0.25) is 4.72 Å². The molecule has 23 heavy (non-hydrogen) atoms. The van der Waals surface area contributed by atoms with E-state index < -0.39 is 19.9 Å². The quantitative estimate of drug-likeness (QED) is 0.896. The van der Waals surface area contributed by atoms with Gasteiger partial charge in [0.15, 0.2) is 9.84 Å². The van der Waals surface area contributed by atoms with Crippen LogP contribution in [0.15, 0.2) is 47.4 Å². The van der Waals surface area contributed by atoms with Crippen LogP contribution in [0.3, 0.4) is 0 Å². The van der Waals surface area contributed by atoms with E-state index in [1.807, 2.05) is 13.0 Å². The maximum atomic E-state index is 12.6. The largest absolute Gasteiger partial charge is 0.279 e. The standard InChI is InChI=1S/C16H19NO4S2/c1-12-8-9-13(2)16(10-12)23(20,21)17-15-7-5-4-6-14(15)11-22(3,18)19/h4-10,17H,11H2,1-3H3. The first-order chi connectivity index (χ1) is 10.6. The molecular weight excluding hydrogens is 334 g/mol. The van der Waals surface area contributed by atoms with Gasteiger partial charge in [-0.05, 0) is 42.7 Å². The summed E-state index contributed by atoms with van der Waals surface area (Å²) >= 11 is 0. The van der Waals surface area contributed by atoms with Crippen molar-refractivity contribution in [2.75, 3.05) is 11.0 Å². The summed E-state index contributed by atoms with van der Waals surface area (Å²) in [6.45, 7) is 3.53. The minimum Gasteiger partial charge on any atom is -0.279 e. The number of anilines is 1. The molecule has 7 heteroatoms. The summed E-state index contributed by atoms with van der Waals surface area (Å²) in [4.78, 5) is 0.187. The lowest BCUT2D eigenvalue weighted by molar-refractivity contribution is 0.598. The molecule has 2 aromatic rings. The molecule has 0 aliphatic rings. The second kappa shape index (κ2) is 6.33. The molecule has 0 spiro atoms. The van der Waals surface area contributed by atoms with E-state index in [9.17, 15) is 16.8 Å². The topological polar surface area (TPSA) is 80.3 Å². The van der Waals surface area contributed by atoms with Crippen molar-refractivity contribution < 1.29 is 16.8 Å². The van der Waals surface area contributed by atoms with Crippen LogP contribution in [0.4, 0.5) is 5.69 Å². The monoisotopic (exact) mass is 353 g/mol. The van der Waals surface area contributed by atoms with Crippen molar-refractivity contribution in [3.05, 3.63) is 59.2 Å². The first kappa shape index (κ1) is 17.5. The first-order valence-electron chi connectivity index (χ1n) is 6.94. The number of sulfone groups is 1. The van der Waals surface area contributed by atoms with Gasteiger partial charge in [-0.1, -0.05) is 30.3 Å². The number of hydrogen-bond donors (Lipinski definition) is 1. The Labute approximate surface area is 137 Å². The van der Waals surface area contributed by atoms with Crippen LogP contribution in [-0.4, -0.2) is 23.1 Å². The first-order valence-corrected chi connectivity index (χ1v) is 10.5. The molecule has 0 amide bonds. The van der Waals surface area contributed by atoms with E-state index in [-0.39, 0.29) is 16.3 Å². The van der Waals surface area contributed by atoms with Crippen LogP contribution in [-0.2, 0) is 25.6 Å². The second-order valence-electron chi connectivity index (χ2n) is 5.60. The molecule has 5 nitrogen and oxygen atoms in total. The van der Waals surface area contributed by atoms with Gasteiger partial charge in [0.1, 0.15) is 0 Å². The van der Waals surface area contributed by atoms with E-state index in [1.54, 1.807) is 43.3 Å². The number of nitrogens with one attached hydrogen (secondary N) is 1. The fourth-order valence-corrected chi connectivity index (χ4v) is 4.47. The van der Waals surface area contributed by atoms with Gasteiger partial charge in [0.05, 0.1) is 16.3 Å². The zero-order chi connectivity index (χ0) is 17.3. The maximum absolute atomic E-state index is 12.6. The summed E-state index contributed by atoms with van der Waals surface area (Å²) in [5.74, 6) is -0.224. The molecule has 0 radical (unpaired) electrons. The SMILES string of the molecule is Cc1ccc(C)c(S(=O)(=O)Nc2ccccc2CS(C)(=O)=O)c1. The molecular formula is C16H19NO4S2. The number of sulfonamides is 1. The van der Waals surface area contributed by atoms with Crippen LogP contribution in [0, 0.1) is 13.8 Å². The lowest BCUT2D eigenvalue weighted by Gasteiger charge is -2.14. The second-order valence-corrected chi connectivity index (χ2v) is 9.39. The Hall–Kier alpha value is -1.86. The van der Waals surface area contributed by atoms with Crippen molar-refractivity contribution in [2.45, 2.75) is 24.5 Å². The fourth-order valence-electron chi connectivity index (χ4n) is 2.22. The summed E-state index contributed by atoms with van der Waals surface area (Å²) in [6.07, 6.45) is 1.11. The van der Waals surface area contributed by atoms with Gasteiger partial charge >= 0.3 is 0 Å². The molecule has 124 valence electrons. The Morgan fingerprint density at radius 3 is 2.26 bits per heavy atom. The third-order valence-corrected chi connectivity index (χ3v) is 5.66. The number of rotatable bonds is 5. The Morgan fingerprint density at radius 1 is 0.957 bits per heavy atom. The normalized spacial score (nSPS) is 12.1. The third kappa shape index (κ3) is 4.56. The predicted octanol–water partition coefficient (Wildman–Crippen LogP) is 2.65. The minimum absolute atomic E-state index is 0.187. The number of benzene rings is 2.